The van der Waals surface area contributed by atoms with E-state index in [4.69, 9.17) is 9.97 Å². The van der Waals surface area contributed by atoms with Crippen LogP contribution in [-0.2, 0) is 44.8 Å². The minimum atomic E-state index is 0. The maximum absolute atomic E-state index is 4.83. The van der Waals surface area contributed by atoms with Gasteiger partial charge in [-0.2, -0.15) is 0 Å². The first-order valence-electron chi connectivity index (χ1n) is 24.0. The third kappa shape index (κ3) is 8.79. The molecule has 0 aliphatic heterocycles. The van der Waals surface area contributed by atoms with Crippen molar-refractivity contribution in [3.8, 4) is 22.7 Å². The largest absolute Gasteiger partial charge is 0.657 e. The van der Waals surface area contributed by atoms with Crippen LogP contribution in [-0.4, -0.2) is 9.13 Å². The van der Waals surface area contributed by atoms with Crippen LogP contribution in [0.3, 0.4) is 0 Å². The van der Waals surface area contributed by atoms with Gasteiger partial charge in [-0.25, -0.2) is 0 Å². The second-order valence-corrected chi connectivity index (χ2v) is 18.6. The van der Waals surface area contributed by atoms with Gasteiger partial charge in [0.25, 0.3) is 12.7 Å². The number of hydrogen-bond acceptors (Lipinski definition) is 0. The van der Waals surface area contributed by atoms with Crippen LogP contribution in [0.4, 0.5) is 0 Å². The minimum Gasteiger partial charge on any atom is -0.657 e. The van der Waals surface area contributed by atoms with Gasteiger partial charge in [-0.1, -0.05) is 182 Å². The molecule has 0 aliphatic rings. The number of benzene rings is 9. The predicted molar refractivity (Wildman–Crippen MR) is 288 cm³/mol. The second kappa shape index (κ2) is 20.6. The Balaban J connectivity index is 0.000000132. The first kappa shape index (κ1) is 50.0. The summed E-state index contributed by atoms with van der Waals surface area (Å²) in [4.78, 5) is 9.52. The fraction of sp³-hybridized carbons (Fsp3) is 0.125. The molecule has 13 rings (SSSR count). The number of para-hydroxylation sites is 10. The van der Waals surface area contributed by atoms with Gasteiger partial charge in [0.15, 0.2) is 0 Å². The number of aryl methyl sites for hydroxylation is 8. The molecule has 4 aromatic heterocycles. The summed E-state index contributed by atoms with van der Waals surface area (Å²) >= 11 is 0. The van der Waals surface area contributed by atoms with Crippen molar-refractivity contribution >= 4 is 65.7 Å². The Bertz CT molecular complexity index is 3700. The maximum Gasteiger partial charge on any atom is 0.269 e. The van der Waals surface area contributed by atoms with Gasteiger partial charge in [0.05, 0.1) is 44.8 Å². The van der Waals surface area contributed by atoms with E-state index in [0.29, 0.717) is 0 Å². The third-order valence-corrected chi connectivity index (χ3v) is 13.8. The number of fused-ring (bicyclic) bond motifs is 9. The van der Waals surface area contributed by atoms with E-state index in [9.17, 15) is 0 Å². The summed E-state index contributed by atoms with van der Waals surface area (Å²) in [5.41, 5.74) is 23.8. The fourth-order valence-electron chi connectivity index (χ4n) is 10.5. The van der Waals surface area contributed by atoms with Crippen LogP contribution in [0.1, 0.15) is 44.5 Å². The zero-order chi connectivity index (χ0) is 48.2. The Kier molecular flexibility index (Phi) is 14.3. The van der Waals surface area contributed by atoms with Crippen molar-refractivity contribution in [1.29, 1.82) is 0 Å². The van der Waals surface area contributed by atoms with Gasteiger partial charge in [0.2, 0.25) is 0 Å². The first-order chi connectivity index (χ1) is 34.1. The molecule has 0 unspecified atom stereocenters. The number of nitrogens with zero attached hydrogens (tertiary/aromatic N) is 6. The quantitative estimate of drug-likeness (QED) is 0.100. The van der Waals surface area contributed by atoms with Crippen LogP contribution in [0.25, 0.3) is 88.4 Å². The zero-order valence-electron chi connectivity index (χ0n) is 41.6. The van der Waals surface area contributed by atoms with Crippen molar-refractivity contribution in [1.82, 2.24) is 19.1 Å². The topological polar surface area (TPSA) is 45.8 Å². The van der Waals surface area contributed by atoms with Gasteiger partial charge in [0, 0.05) is 44.8 Å². The maximum atomic E-state index is 4.83. The second-order valence-electron chi connectivity index (χ2n) is 18.6. The number of imidazole rings is 2. The van der Waals surface area contributed by atoms with Gasteiger partial charge in [-0.05, 0) is 121 Å². The molecule has 9 aromatic carbocycles. The molecule has 13 aromatic rings. The van der Waals surface area contributed by atoms with Crippen LogP contribution in [0, 0.1) is 68.0 Å². The molecular formula is C64H54Au2N6-2. The Morgan fingerprint density at radius 2 is 0.708 bits per heavy atom. The van der Waals surface area contributed by atoms with E-state index in [1.807, 2.05) is 12.1 Å². The third-order valence-electron chi connectivity index (χ3n) is 13.8. The number of hydrogen-bond donors (Lipinski definition) is 0. The summed E-state index contributed by atoms with van der Waals surface area (Å²) in [7, 11) is 0. The van der Waals surface area contributed by atoms with Crippen molar-refractivity contribution in [2.45, 2.75) is 55.4 Å². The monoisotopic (exact) mass is 1300 g/mol. The molecule has 0 amide bonds. The molecule has 8 heteroatoms. The molecule has 0 fully saturated rings. The Labute approximate surface area is 452 Å². The van der Waals surface area contributed by atoms with Crippen LogP contribution in [0.2, 0.25) is 0 Å². The van der Waals surface area contributed by atoms with Crippen LogP contribution < -0.4 is 19.1 Å². The summed E-state index contributed by atoms with van der Waals surface area (Å²) in [5.74, 6) is 0. The molecule has 0 bridgehead atoms. The Hall–Kier alpha value is -7.00. The van der Waals surface area contributed by atoms with Crippen molar-refractivity contribution in [2.75, 3.05) is 0 Å². The molecule has 0 atom stereocenters. The van der Waals surface area contributed by atoms with Gasteiger partial charge in [-0.3, -0.25) is 18.3 Å². The average molecular weight is 1300 g/mol. The van der Waals surface area contributed by atoms with E-state index in [0.717, 1.165) is 22.1 Å². The first-order valence-corrected chi connectivity index (χ1v) is 24.0. The van der Waals surface area contributed by atoms with Gasteiger partial charge in [-0.15, -0.1) is 22.1 Å². The number of aromatic nitrogens is 6. The molecule has 72 heavy (non-hydrogen) atoms. The van der Waals surface area contributed by atoms with E-state index in [1.165, 1.54) is 111 Å². The molecule has 0 saturated carbocycles. The molecule has 364 valence electrons. The summed E-state index contributed by atoms with van der Waals surface area (Å²) in [6.07, 6.45) is 7.24. The molecule has 0 saturated heterocycles. The number of rotatable bonds is 4. The van der Waals surface area contributed by atoms with E-state index >= 15 is 0 Å². The summed E-state index contributed by atoms with van der Waals surface area (Å²) in [6, 6.07) is 63.6. The summed E-state index contributed by atoms with van der Waals surface area (Å²) < 4.78 is 8.80. The molecule has 6 nitrogen and oxygen atoms in total. The molecule has 0 spiro atoms. The SMILES string of the molecule is Cc1cccc(C)c1-n1[c-][n+](-c2c(C)cccc2C)c2ccccc21.Cc1cccc(C)c1-n1[c-][n+](-c2c(C)cccc2C)c2ccccc21.[Au].[Au].c1ccc2c(c1)[n-]c1c2ccc2[n-]c3ccccc3c21. The predicted octanol–water partition coefficient (Wildman–Crippen LogP) is 14.1. The van der Waals surface area contributed by atoms with E-state index in [-0.39, 0.29) is 44.8 Å². The van der Waals surface area contributed by atoms with Crippen LogP contribution in [0.15, 0.2) is 182 Å². The summed E-state index contributed by atoms with van der Waals surface area (Å²) in [6.45, 7) is 17.3. The van der Waals surface area contributed by atoms with Crippen molar-refractivity contribution < 1.29 is 53.9 Å². The standard InChI is InChI=1S/2C23H22N2.C18H10N2.2Au/c2*1-16-9-7-10-17(2)22(16)24-15-25(21-14-6-5-13-20(21)24)23-18(3)11-8-12-19(23)4;1-3-7-14-11(5-1)12-9-10-16-17(18(12)20-14)13-6-2-4-8-15(13)19-16;;/h2*5-14H,1-4H3;1-10H;;/q;;-2;;. The average Bonchev–Trinajstić information content (AvgIpc) is 4.13. The molecule has 0 aliphatic carbocycles. The van der Waals surface area contributed by atoms with Gasteiger partial charge < -0.3 is 9.97 Å². The van der Waals surface area contributed by atoms with Crippen molar-refractivity contribution in [2.24, 2.45) is 0 Å². The normalized spacial score (nSPS) is 11.1. The molecule has 4 heterocycles. The Morgan fingerprint density at radius 1 is 0.333 bits per heavy atom. The van der Waals surface area contributed by atoms with Crippen LogP contribution in [0.5, 0.6) is 0 Å². The van der Waals surface area contributed by atoms with Crippen molar-refractivity contribution in [3.63, 3.8) is 0 Å². The van der Waals surface area contributed by atoms with E-state index in [1.54, 1.807) is 0 Å². The minimum absolute atomic E-state index is 0. The molecule has 0 N–H and O–H groups in total. The van der Waals surface area contributed by atoms with E-state index in [2.05, 4.69) is 256 Å². The smallest absolute Gasteiger partial charge is 0.269 e. The zero-order valence-corrected chi connectivity index (χ0v) is 45.9. The van der Waals surface area contributed by atoms with Crippen molar-refractivity contribution in [3.05, 3.63) is 239 Å². The molecular weight excluding hydrogens is 1250 g/mol. The van der Waals surface area contributed by atoms with Crippen LogP contribution >= 0.6 is 0 Å². The summed E-state index contributed by atoms with van der Waals surface area (Å²) in [5, 5.41) is 4.80. The molecule has 2 radical (unpaired) electrons. The fourth-order valence-corrected chi connectivity index (χ4v) is 10.5. The van der Waals surface area contributed by atoms with E-state index < -0.39 is 0 Å². The van der Waals surface area contributed by atoms with Gasteiger partial charge >= 0.3 is 0 Å². The Morgan fingerprint density at radius 3 is 1.17 bits per heavy atom. The van der Waals surface area contributed by atoms with Gasteiger partial charge in [0.1, 0.15) is 0 Å².